The summed E-state index contributed by atoms with van der Waals surface area (Å²) in [5.74, 6) is 3.28. The molecule has 0 saturated carbocycles. The molecule has 0 radical (unpaired) electrons. The van der Waals surface area contributed by atoms with Gasteiger partial charge in [0.25, 0.3) is 0 Å². The Hall–Kier alpha value is -0.980. The lowest BCUT2D eigenvalue weighted by atomic mass is 10.2. The van der Waals surface area contributed by atoms with Gasteiger partial charge in [0.2, 0.25) is 6.29 Å². The number of fused-ring (bicyclic) bond motifs is 1. The van der Waals surface area contributed by atoms with Crippen LogP contribution in [0.5, 0.6) is 5.75 Å². The number of para-hydroxylation sites is 1. The molecule has 3 heteroatoms. The molecule has 2 nitrogen and oxygen atoms in total. The van der Waals surface area contributed by atoms with E-state index in [9.17, 15) is 0 Å². The third kappa shape index (κ3) is 1.63. The smallest absolute Gasteiger partial charge is 0.217 e. The first-order valence-corrected chi connectivity index (χ1v) is 5.19. The van der Waals surface area contributed by atoms with Gasteiger partial charge in [0.05, 0.1) is 0 Å². The van der Waals surface area contributed by atoms with Crippen molar-refractivity contribution in [1.29, 1.82) is 0 Å². The summed E-state index contributed by atoms with van der Waals surface area (Å²) >= 11 is 3.52. The van der Waals surface area contributed by atoms with E-state index in [1.807, 2.05) is 24.3 Å². The number of terminal acetylenes is 1. The quantitative estimate of drug-likeness (QED) is 0.595. The topological polar surface area (TPSA) is 18.5 Å². The van der Waals surface area contributed by atoms with Crippen LogP contribution in [-0.4, -0.2) is 12.9 Å². The Bertz CT molecular complexity index is 370. The van der Waals surface area contributed by atoms with Gasteiger partial charge in [0.1, 0.15) is 17.2 Å². The number of benzene rings is 1. The van der Waals surface area contributed by atoms with Crippen LogP contribution in [0.25, 0.3) is 0 Å². The minimum atomic E-state index is -0.316. The van der Waals surface area contributed by atoms with Crippen molar-refractivity contribution in [3.63, 3.8) is 0 Å². The van der Waals surface area contributed by atoms with Crippen molar-refractivity contribution in [2.24, 2.45) is 0 Å². The highest BCUT2D eigenvalue weighted by atomic mass is 79.9. The molecule has 1 heterocycles. The summed E-state index contributed by atoms with van der Waals surface area (Å²) < 4.78 is 10.9. The van der Waals surface area contributed by atoms with Gasteiger partial charge in [-0.25, -0.2) is 0 Å². The van der Waals surface area contributed by atoms with Gasteiger partial charge >= 0.3 is 0 Å². The van der Waals surface area contributed by atoms with Crippen LogP contribution in [0.1, 0.15) is 10.4 Å². The van der Waals surface area contributed by atoms with Crippen LogP contribution in [-0.2, 0) is 4.74 Å². The van der Waals surface area contributed by atoms with Crippen LogP contribution in [0.3, 0.4) is 0 Å². The summed E-state index contributed by atoms with van der Waals surface area (Å²) in [7, 11) is 0. The predicted molar refractivity (Wildman–Crippen MR) is 57.3 cm³/mol. The van der Waals surface area contributed by atoms with Crippen LogP contribution in [0, 0.1) is 12.3 Å². The van der Waals surface area contributed by atoms with Crippen LogP contribution in [0.4, 0.5) is 0 Å². The number of hydrogen-bond donors (Lipinski definition) is 0. The molecule has 14 heavy (non-hydrogen) atoms. The molecular formula is C11H9BrO2. The summed E-state index contributed by atoms with van der Waals surface area (Å²) in [6.07, 6.45) is 4.80. The fourth-order valence-corrected chi connectivity index (χ4v) is 2.03. The molecule has 72 valence electrons. The lowest BCUT2D eigenvalue weighted by Gasteiger charge is -2.12. The zero-order valence-corrected chi connectivity index (χ0v) is 9.03. The number of rotatable bonds is 2. The van der Waals surface area contributed by atoms with Gasteiger partial charge < -0.3 is 9.47 Å². The second kappa shape index (κ2) is 4.04. The fourth-order valence-electron chi connectivity index (χ4n) is 1.40. The largest absolute Gasteiger partial charge is 0.463 e. The SMILES string of the molecule is C#CCO[C@@H]1Oc2ccccc2[C@@H]1Br. The van der Waals surface area contributed by atoms with Crippen LogP contribution >= 0.6 is 15.9 Å². The van der Waals surface area contributed by atoms with E-state index < -0.39 is 0 Å². The predicted octanol–water partition coefficient (Wildman–Crippen LogP) is 2.49. The van der Waals surface area contributed by atoms with Gasteiger partial charge in [-0.2, -0.15) is 0 Å². The van der Waals surface area contributed by atoms with Gasteiger partial charge in [0, 0.05) is 5.56 Å². The lowest BCUT2D eigenvalue weighted by molar-refractivity contribution is -0.0522. The zero-order valence-electron chi connectivity index (χ0n) is 7.44. The Morgan fingerprint density at radius 2 is 2.29 bits per heavy atom. The van der Waals surface area contributed by atoms with Crippen molar-refractivity contribution in [3.8, 4) is 18.1 Å². The highest BCUT2D eigenvalue weighted by molar-refractivity contribution is 9.09. The molecule has 1 aliphatic heterocycles. The van der Waals surface area contributed by atoms with Crippen molar-refractivity contribution >= 4 is 15.9 Å². The fraction of sp³-hybridized carbons (Fsp3) is 0.273. The first-order chi connectivity index (χ1) is 6.83. The Morgan fingerprint density at radius 1 is 1.50 bits per heavy atom. The first kappa shape index (κ1) is 9.57. The summed E-state index contributed by atoms with van der Waals surface area (Å²) in [5, 5.41) is 0. The Balaban J connectivity index is 2.14. The molecule has 0 amide bonds. The third-order valence-electron chi connectivity index (χ3n) is 2.03. The number of hydrogen-bond acceptors (Lipinski definition) is 2. The molecule has 2 rings (SSSR count). The van der Waals surface area contributed by atoms with Gasteiger partial charge in [-0.3, -0.25) is 0 Å². The van der Waals surface area contributed by atoms with Crippen molar-refractivity contribution in [3.05, 3.63) is 29.8 Å². The van der Waals surface area contributed by atoms with E-state index in [-0.39, 0.29) is 17.7 Å². The third-order valence-corrected chi connectivity index (χ3v) is 2.95. The number of halogens is 1. The Labute approximate surface area is 91.3 Å². The van der Waals surface area contributed by atoms with Crippen LogP contribution < -0.4 is 4.74 Å². The van der Waals surface area contributed by atoms with E-state index in [2.05, 4.69) is 21.9 Å². The second-order valence-corrected chi connectivity index (χ2v) is 3.93. The molecule has 0 spiro atoms. The molecule has 2 atom stereocenters. The van der Waals surface area contributed by atoms with Crippen LogP contribution in [0.15, 0.2) is 24.3 Å². The number of ether oxygens (including phenoxy) is 2. The van der Waals surface area contributed by atoms with Gasteiger partial charge in [0.15, 0.2) is 0 Å². The molecule has 0 aliphatic carbocycles. The van der Waals surface area contributed by atoms with Crippen molar-refractivity contribution in [2.75, 3.05) is 6.61 Å². The maximum absolute atomic E-state index is 5.56. The zero-order chi connectivity index (χ0) is 9.97. The summed E-state index contributed by atoms with van der Waals surface area (Å²) in [6.45, 7) is 0.265. The van der Waals surface area contributed by atoms with E-state index >= 15 is 0 Å². The highest BCUT2D eigenvalue weighted by Crippen LogP contribution is 2.41. The molecule has 0 bridgehead atoms. The van der Waals surface area contributed by atoms with Gasteiger partial charge in [-0.1, -0.05) is 40.0 Å². The van der Waals surface area contributed by atoms with E-state index in [1.54, 1.807) is 0 Å². The van der Waals surface area contributed by atoms with Crippen molar-refractivity contribution in [1.82, 2.24) is 0 Å². The molecule has 0 saturated heterocycles. The van der Waals surface area contributed by atoms with Crippen molar-refractivity contribution in [2.45, 2.75) is 11.1 Å². The summed E-state index contributed by atoms with van der Waals surface area (Å²) in [6, 6.07) is 7.83. The highest BCUT2D eigenvalue weighted by Gasteiger charge is 2.32. The average molecular weight is 253 g/mol. The molecule has 0 N–H and O–H groups in total. The van der Waals surface area contributed by atoms with Gasteiger partial charge in [-0.05, 0) is 6.07 Å². The first-order valence-electron chi connectivity index (χ1n) is 4.27. The van der Waals surface area contributed by atoms with E-state index in [4.69, 9.17) is 15.9 Å². The Kier molecular flexibility index (Phi) is 2.76. The molecule has 0 aromatic heterocycles. The standard InChI is InChI=1S/C11H9BrO2/c1-2-7-13-11-10(12)8-5-3-4-6-9(8)14-11/h1,3-6,10-11H,7H2/t10-,11+/m0/s1. The molecule has 1 aromatic carbocycles. The lowest BCUT2D eigenvalue weighted by Crippen LogP contribution is -2.19. The summed E-state index contributed by atoms with van der Waals surface area (Å²) in [5.41, 5.74) is 1.11. The minimum Gasteiger partial charge on any atom is -0.463 e. The van der Waals surface area contributed by atoms with E-state index in [1.165, 1.54) is 0 Å². The Morgan fingerprint density at radius 3 is 3.00 bits per heavy atom. The van der Waals surface area contributed by atoms with E-state index in [0.29, 0.717) is 0 Å². The monoisotopic (exact) mass is 252 g/mol. The van der Waals surface area contributed by atoms with Gasteiger partial charge in [-0.15, -0.1) is 6.42 Å². The average Bonchev–Trinajstić information content (AvgIpc) is 2.54. The normalized spacial score (nSPS) is 23.7. The summed E-state index contributed by atoms with van der Waals surface area (Å²) in [4.78, 5) is 0.0621. The van der Waals surface area contributed by atoms with E-state index in [0.717, 1.165) is 11.3 Å². The number of alkyl halides is 1. The maximum atomic E-state index is 5.56. The maximum Gasteiger partial charge on any atom is 0.217 e. The molecule has 0 unspecified atom stereocenters. The minimum absolute atomic E-state index is 0.0621. The molecular weight excluding hydrogens is 244 g/mol. The molecule has 1 aromatic rings. The second-order valence-electron chi connectivity index (χ2n) is 2.94. The molecule has 0 fully saturated rings. The van der Waals surface area contributed by atoms with Crippen molar-refractivity contribution < 1.29 is 9.47 Å². The van der Waals surface area contributed by atoms with Crippen LogP contribution in [0.2, 0.25) is 0 Å². The molecule has 1 aliphatic rings.